The molecule has 0 spiro atoms. The van der Waals surface area contributed by atoms with Gasteiger partial charge < -0.3 is 20.9 Å². The predicted octanol–water partition coefficient (Wildman–Crippen LogP) is -0.517. The van der Waals surface area contributed by atoms with Crippen LogP contribution in [0.1, 0.15) is 20.3 Å². The molecule has 0 saturated carbocycles. The van der Waals surface area contributed by atoms with Crippen LogP contribution in [0.4, 0.5) is 0 Å². The van der Waals surface area contributed by atoms with Gasteiger partial charge in [-0.05, 0) is 12.3 Å². The topological polar surface area (TPSA) is 84.6 Å². The largest absolute Gasteiger partial charge is 0.391 e. The molecule has 2 atom stereocenters. The summed E-state index contributed by atoms with van der Waals surface area (Å²) in [7, 11) is 1.56. The number of amides is 1. The van der Waals surface area contributed by atoms with Gasteiger partial charge in [0.05, 0.1) is 12.1 Å². The number of hydrogen-bond acceptors (Lipinski definition) is 4. The minimum absolute atomic E-state index is 0.125. The lowest BCUT2D eigenvalue weighted by Gasteiger charge is -2.17. The molecule has 0 aliphatic heterocycles. The van der Waals surface area contributed by atoms with Crippen LogP contribution in [0.3, 0.4) is 0 Å². The lowest BCUT2D eigenvalue weighted by Crippen LogP contribution is -2.44. The number of aliphatic hydroxyl groups excluding tert-OH is 1. The Morgan fingerprint density at radius 1 is 1.53 bits per heavy atom. The van der Waals surface area contributed by atoms with Crippen LogP contribution in [0, 0.1) is 5.92 Å². The minimum Gasteiger partial charge on any atom is -0.391 e. The Balaban J connectivity index is 3.73. The van der Waals surface area contributed by atoms with Crippen LogP contribution in [-0.4, -0.2) is 43.4 Å². The van der Waals surface area contributed by atoms with Gasteiger partial charge in [0.25, 0.3) is 0 Å². The van der Waals surface area contributed by atoms with E-state index in [0.717, 1.165) is 0 Å². The first-order chi connectivity index (χ1) is 6.99. The molecular formula is C10H22N2O3. The SMILES string of the molecule is COCCC(N)C(=O)NCC(O)C(C)C. The highest BCUT2D eigenvalue weighted by atomic mass is 16.5. The van der Waals surface area contributed by atoms with Gasteiger partial charge in [-0.25, -0.2) is 0 Å². The quantitative estimate of drug-likeness (QED) is 0.537. The first kappa shape index (κ1) is 14.3. The number of ether oxygens (including phenoxy) is 1. The highest BCUT2D eigenvalue weighted by molar-refractivity contribution is 5.81. The molecule has 0 saturated heterocycles. The third kappa shape index (κ3) is 6.43. The van der Waals surface area contributed by atoms with Crippen molar-refractivity contribution in [2.75, 3.05) is 20.3 Å². The van der Waals surface area contributed by atoms with Crippen molar-refractivity contribution in [2.24, 2.45) is 11.7 Å². The number of carbonyl (C=O) groups excluding carboxylic acids is 1. The summed E-state index contributed by atoms with van der Waals surface area (Å²) in [6.45, 7) is 4.49. The van der Waals surface area contributed by atoms with Crippen LogP contribution >= 0.6 is 0 Å². The van der Waals surface area contributed by atoms with Crippen LogP contribution < -0.4 is 11.1 Å². The number of nitrogens with one attached hydrogen (secondary N) is 1. The Morgan fingerprint density at radius 3 is 2.60 bits per heavy atom. The highest BCUT2D eigenvalue weighted by Gasteiger charge is 2.15. The summed E-state index contributed by atoms with van der Waals surface area (Å²) in [5, 5.41) is 12.1. The van der Waals surface area contributed by atoms with Gasteiger partial charge in [-0.15, -0.1) is 0 Å². The summed E-state index contributed by atoms with van der Waals surface area (Å²) < 4.78 is 4.82. The molecule has 1 amide bonds. The summed E-state index contributed by atoms with van der Waals surface area (Å²) in [4.78, 5) is 11.4. The van der Waals surface area contributed by atoms with E-state index in [0.29, 0.717) is 13.0 Å². The molecule has 2 unspecified atom stereocenters. The van der Waals surface area contributed by atoms with Gasteiger partial charge in [0.2, 0.25) is 5.91 Å². The van der Waals surface area contributed by atoms with Crippen LogP contribution in [0.25, 0.3) is 0 Å². The number of methoxy groups -OCH3 is 1. The fourth-order valence-corrected chi connectivity index (χ4v) is 0.948. The zero-order chi connectivity index (χ0) is 11.8. The van der Waals surface area contributed by atoms with Gasteiger partial charge in [0.1, 0.15) is 0 Å². The lowest BCUT2D eigenvalue weighted by atomic mass is 10.1. The summed E-state index contributed by atoms with van der Waals surface area (Å²) >= 11 is 0. The standard InChI is InChI=1S/C10H22N2O3/c1-7(2)9(13)6-12-10(14)8(11)4-5-15-3/h7-9,13H,4-6,11H2,1-3H3,(H,12,14). The number of aliphatic hydroxyl groups is 1. The van der Waals surface area contributed by atoms with E-state index in [4.69, 9.17) is 10.5 Å². The first-order valence-electron chi connectivity index (χ1n) is 5.19. The molecular weight excluding hydrogens is 196 g/mol. The van der Waals surface area contributed by atoms with E-state index >= 15 is 0 Å². The van der Waals surface area contributed by atoms with Crippen LogP contribution in [0.15, 0.2) is 0 Å². The minimum atomic E-state index is -0.565. The smallest absolute Gasteiger partial charge is 0.237 e. The predicted molar refractivity (Wildman–Crippen MR) is 58.3 cm³/mol. The second-order valence-corrected chi connectivity index (χ2v) is 3.94. The molecule has 0 rings (SSSR count). The lowest BCUT2D eigenvalue weighted by molar-refractivity contribution is -0.123. The second kappa shape index (κ2) is 7.62. The van der Waals surface area contributed by atoms with Crippen molar-refractivity contribution in [3.63, 3.8) is 0 Å². The molecule has 0 aromatic carbocycles. The molecule has 0 heterocycles. The van der Waals surface area contributed by atoms with Gasteiger partial charge in [-0.2, -0.15) is 0 Å². The van der Waals surface area contributed by atoms with E-state index in [-0.39, 0.29) is 18.4 Å². The average molecular weight is 218 g/mol. The van der Waals surface area contributed by atoms with Crippen LogP contribution in [0.2, 0.25) is 0 Å². The van der Waals surface area contributed by atoms with Gasteiger partial charge in [0.15, 0.2) is 0 Å². The number of rotatable bonds is 7. The molecule has 5 nitrogen and oxygen atoms in total. The molecule has 0 aliphatic rings. The van der Waals surface area contributed by atoms with Crippen molar-refractivity contribution < 1.29 is 14.6 Å². The van der Waals surface area contributed by atoms with E-state index in [1.165, 1.54) is 0 Å². The van der Waals surface area contributed by atoms with E-state index < -0.39 is 12.1 Å². The third-order valence-electron chi connectivity index (χ3n) is 2.22. The first-order valence-corrected chi connectivity index (χ1v) is 5.19. The summed E-state index contributed by atoms with van der Waals surface area (Å²) in [5.74, 6) is -0.118. The van der Waals surface area contributed by atoms with E-state index in [2.05, 4.69) is 5.32 Å². The van der Waals surface area contributed by atoms with Crippen molar-refractivity contribution >= 4 is 5.91 Å². The second-order valence-electron chi connectivity index (χ2n) is 3.94. The van der Waals surface area contributed by atoms with E-state index in [1.54, 1.807) is 7.11 Å². The average Bonchev–Trinajstić information content (AvgIpc) is 2.21. The van der Waals surface area contributed by atoms with Crippen molar-refractivity contribution in [2.45, 2.75) is 32.4 Å². The molecule has 0 fully saturated rings. The Morgan fingerprint density at radius 2 is 2.13 bits per heavy atom. The summed E-state index contributed by atoms with van der Waals surface area (Å²) in [5.41, 5.74) is 5.59. The van der Waals surface area contributed by atoms with E-state index in [1.807, 2.05) is 13.8 Å². The zero-order valence-corrected chi connectivity index (χ0v) is 9.69. The normalized spacial score (nSPS) is 15.1. The molecule has 0 bridgehead atoms. The molecule has 0 aromatic rings. The fraction of sp³-hybridized carbons (Fsp3) is 0.900. The molecule has 0 radical (unpaired) electrons. The monoisotopic (exact) mass is 218 g/mol. The molecule has 15 heavy (non-hydrogen) atoms. The Kier molecular flexibility index (Phi) is 7.29. The molecule has 5 heteroatoms. The number of carbonyl (C=O) groups is 1. The maximum atomic E-state index is 11.4. The molecule has 0 aliphatic carbocycles. The van der Waals surface area contributed by atoms with Gasteiger partial charge in [-0.1, -0.05) is 13.8 Å². The van der Waals surface area contributed by atoms with Gasteiger partial charge in [-0.3, -0.25) is 4.79 Å². The molecule has 90 valence electrons. The van der Waals surface area contributed by atoms with Crippen molar-refractivity contribution in [3.05, 3.63) is 0 Å². The Bertz CT molecular complexity index is 186. The number of nitrogens with two attached hydrogens (primary N) is 1. The van der Waals surface area contributed by atoms with Crippen molar-refractivity contribution in [1.29, 1.82) is 0 Å². The van der Waals surface area contributed by atoms with Gasteiger partial charge >= 0.3 is 0 Å². The Labute approximate surface area is 91.0 Å². The van der Waals surface area contributed by atoms with Crippen LogP contribution in [0.5, 0.6) is 0 Å². The van der Waals surface area contributed by atoms with Crippen LogP contribution in [-0.2, 0) is 9.53 Å². The van der Waals surface area contributed by atoms with Crippen molar-refractivity contribution in [1.82, 2.24) is 5.32 Å². The van der Waals surface area contributed by atoms with Crippen molar-refractivity contribution in [3.8, 4) is 0 Å². The highest BCUT2D eigenvalue weighted by Crippen LogP contribution is 1.99. The summed E-state index contributed by atoms with van der Waals surface area (Å²) in [6.07, 6.45) is -0.0383. The molecule has 0 aromatic heterocycles. The molecule has 4 N–H and O–H groups in total. The maximum Gasteiger partial charge on any atom is 0.237 e. The van der Waals surface area contributed by atoms with Gasteiger partial charge in [0, 0.05) is 20.3 Å². The summed E-state index contributed by atoms with van der Waals surface area (Å²) in [6, 6.07) is -0.565. The Hall–Kier alpha value is -0.650. The fourth-order valence-electron chi connectivity index (χ4n) is 0.948. The van der Waals surface area contributed by atoms with E-state index in [9.17, 15) is 9.90 Å². The third-order valence-corrected chi connectivity index (χ3v) is 2.22. The maximum absolute atomic E-state index is 11.4. The zero-order valence-electron chi connectivity index (χ0n) is 9.69. The number of hydrogen-bond donors (Lipinski definition) is 3.